The van der Waals surface area contributed by atoms with Crippen molar-refractivity contribution < 1.29 is 4.39 Å². The number of halogens is 1. The van der Waals surface area contributed by atoms with E-state index < -0.39 is 0 Å². The van der Waals surface area contributed by atoms with Gasteiger partial charge in [-0.3, -0.25) is 0 Å². The summed E-state index contributed by atoms with van der Waals surface area (Å²) >= 11 is 0. The molecule has 2 aromatic carbocycles. The van der Waals surface area contributed by atoms with Crippen molar-refractivity contribution in [3.8, 4) is 17.2 Å². The zero-order valence-corrected chi connectivity index (χ0v) is 19.5. The van der Waals surface area contributed by atoms with Crippen molar-refractivity contribution >= 4 is 0 Å². The zero-order chi connectivity index (χ0) is 23.3. The molecule has 5 nitrogen and oxygen atoms in total. The number of hydrogen-bond donors (Lipinski definition) is 0. The number of rotatable bonds is 7. The Balaban J connectivity index is 1.36. The summed E-state index contributed by atoms with van der Waals surface area (Å²) in [6.45, 7) is 5.50. The van der Waals surface area contributed by atoms with Crippen molar-refractivity contribution in [3.63, 3.8) is 0 Å². The predicted octanol–water partition coefficient (Wildman–Crippen LogP) is 5.84. The van der Waals surface area contributed by atoms with Gasteiger partial charge >= 0.3 is 0 Å². The standard InChI is InChI=1S/C28H30FN5/c1-21(22-7-3-2-4-8-22)14-18-33-17-5-9-24(20-33)27-19-26(23-10-12-25(29)13-11-23)32-34(27)28-30-15-6-16-31-28/h2-4,6-8,10-13,15-16,19,21,24H,5,9,14,17-18,20H2,1H3. The Labute approximate surface area is 200 Å². The number of hydrogen-bond acceptors (Lipinski definition) is 4. The molecule has 5 rings (SSSR count). The Kier molecular flexibility index (Phi) is 6.77. The van der Waals surface area contributed by atoms with Crippen LogP contribution in [-0.4, -0.2) is 44.3 Å². The SMILES string of the molecule is CC(CCN1CCCC(c2cc(-c3ccc(F)cc3)nn2-c2ncccn2)C1)c1ccccc1. The molecule has 0 radical (unpaired) electrons. The van der Waals surface area contributed by atoms with Crippen LogP contribution in [0.1, 0.15) is 49.3 Å². The molecule has 174 valence electrons. The van der Waals surface area contributed by atoms with Crippen LogP contribution in [0, 0.1) is 5.82 Å². The summed E-state index contributed by atoms with van der Waals surface area (Å²) in [6.07, 6.45) is 6.87. The van der Waals surface area contributed by atoms with Crippen molar-refractivity contribution in [2.45, 2.75) is 38.0 Å². The molecule has 34 heavy (non-hydrogen) atoms. The molecule has 3 heterocycles. The van der Waals surface area contributed by atoms with Crippen LogP contribution in [-0.2, 0) is 0 Å². The van der Waals surface area contributed by atoms with E-state index in [-0.39, 0.29) is 5.82 Å². The molecule has 1 fully saturated rings. The number of piperidine rings is 1. The molecule has 0 N–H and O–H groups in total. The Bertz CT molecular complexity index is 1190. The molecule has 0 saturated carbocycles. The van der Waals surface area contributed by atoms with Crippen LogP contribution < -0.4 is 0 Å². The Morgan fingerprint density at radius 2 is 1.76 bits per heavy atom. The van der Waals surface area contributed by atoms with Gasteiger partial charge in [0, 0.05) is 30.4 Å². The van der Waals surface area contributed by atoms with E-state index in [4.69, 9.17) is 5.10 Å². The molecule has 1 aliphatic heterocycles. The van der Waals surface area contributed by atoms with Crippen molar-refractivity contribution in [2.24, 2.45) is 0 Å². The third-order valence-corrected chi connectivity index (χ3v) is 6.79. The number of benzene rings is 2. The summed E-state index contributed by atoms with van der Waals surface area (Å²) in [5.41, 5.74) is 4.23. The molecule has 2 aromatic heterocycles. The summed E-state index contributed by atoms with van der Waals surface area (Å²) < 4.78 is 15.3. The lowest BCUT2D eigenvalue weighted by Crippen LogP contribution is -2.36. The number of nitrogens with zero attached hydrogens (tertiary/aromatic N) is 5. The topological polar surface area (TPSA) is 46.8 Å². The molecule has 0 amide bonds. The molecule has 6 heteroatoms. The van der Waals surface area contributed by atoms with E-state index in [0.29, 0.717) is 17.8 Å². The first-order chi connectivity index (χ1) is 16.7. The molecule has 0 aliphatic carbocycles. The molecule has 1 aliphatic rings. The normalized spacial score (nSPS) is 17.5. The lowest BCUT2D eigenvalue weighted by molar-refractivity contribution is 0.199. The van der Waals surface area contributed by atoms with Gasteiger partial charge in [-0.2, -0.15) is 5.10 Å². The third-order valence-electron chi connectivity index (χ3n) is 6.79. The van der Waals surface area contributed by atoms with Crippen LogP contribution in [0.25, 0.3) is 17.2 Å². The van der Waals surface area contributed by atoms with E-state index in [2.05, 4.69) is 58.2 Å². The lowest BCUT2D eigenvalue weighted by atomic mass is 9.92. The maximum atomic E-state index is 13.5. The fourth-order valence-electron chi connectivity index (χ4n) is 4.83. The molecule has 0 bridgehead atoms. The zero-order valence-electron chi connectivity index (χ0n) is 19.5. The highest BCUT2D eigenvalue weighted by Gasteiger charge is 2.26. The summed E-state index contributed by atoms with van der Waals surface area (Å²) in [5, 5.41) is 4.85. The van der Waals surface area contributed by atoms with Gasteiger partial charge in [-0.15, -0.1) is 0 Å². The van der Waals surface area contributed by atoms with Crippen LogP contribution >= 0.6 is 0 Å². The minimum atomic E-state index is -0.248. The van der Waals surface area contributed by atoms with Gasteiger partial charge in [0.1, 0.15) is 5.82 Å². The summed E-state index contributed by atoms with van der Waals surface area (Å²) in [7, 11) is 0. The smallest absolute Gasteiger partial charge is 0.250 e. The van der Waals surface area contributed by atoms with E-state index in [1.165, 1.54) is 17.7 Å². The van der Waals surface area contributed by atoms with Gasteiger partial charge in [0.2, 0.25) is 0 Å². The van der Waals surface area contributed by atoms with Gasteiger partial charge < -0.3 is 4.90 Å². The van der Waals surface area contributed by atoms with E-state index in [1.807, 2.05) is 10.7 Å². The van der Waals surface area contributed by atoms with Gasteiger partial charge in [0.25, 0.3) is 5.95 Å². The summed E-state index contributed by atoms with van der Waals surface area (Å²) in [4.78, 5) is 11.5. The maximum absolute atomic E-state index is 13.5. The quantitative estimate of drug-likeness (QED) is 0.351. The van der Waals surface area contributed by atoms with E-state index >= 15 is 0 Å². The minimum absolute atomic E-state index is 0.248. The largest absolute Gasteiger partial charge is 0.303 e. The van der Waals surface area contributed by atoms with Gasteiger partial charge in [0.05, 0.1) is 11.4 Å². The highest BCUT2D eigenvalue weighted by Crippen LogP contribution is 2.32. The number of likely N-dealkylation sites (tertiary alicyclic amines) is 1. The van der Waals surface area contributed by atoms with Crippen LogP contribution in [0.2, 0.25) is 0 Å². The van der Waals surface area contributed by atoms with E-state index in [1.54, 1.807) is 24.5 Å². The van der Waals surface area contributed by atoms with Crippen molar-refractivity contribution in [1.82, 2.24) is 24.6 Å². The molecular formula is C28H30FN5. The average molecular weight is 456 g/mol. The molecule has 0 spiro atoms. The fourth-order valence-corrected chi connectivity index (χ4v) is 4.83. The van der Waals surface area contributed by atoms with Crippen molar-refractivity contribution in [2.75, 3.05) is 19.6 Å². The summed E-state index contributed by atoms with van der Waals surface area (Å²) in [6, 6.07) is 21.2. The Morgan fingerprint density at radius 3 is 2.53 bits per heavy atom. The van der Waals surface area contributed by atoms with Gasteiger partial charge in [0.15, 0.2) is 0 Å². The highest BCUT2D eigenvalue weighted by atomic mass is 19.1. The second-order valence-corrected chi connectivity index (χ2v) is 9.16. The van der Waals surface area contributed by atoms with E-state index in [9.17, 15) is 4.39 Å². The van der Waals surface area contributed by atoms with E-state index in [0.717, 1.165) is 55.8 Å². The maximum Gasteiger partial charge on any atom is 0.250 e. The first kappa shape index (κ1) is 22.4. The predicted molar refractivity (Wildman–Crippen MR) is 132 cm³/mol. The van der Waals surface area contributed by atoms with Crippen LogP contribution in [0.4, 0.5) is 4.39 Å². The molecule has 4 aromatic rings. The minimum Gasteiger partial charge on any atom is -0.303 e. The van der Waals surface area contributed by atoms with Crippen molar-refractivity contribution in [1.29, 1.82) is 0 Å². The fraction of sp³-hybridized carbons (Fsp3) is 0.321. The van der Waals surface area contributed by atoms with Gasteiger partial charge in [-0.1, -0.05) is 37.3 Å². The average Bonchev–Trinajstić information content (AvgIpc) is 3.34. The van der Waals surface area contributed by atoms with Crippen LogP contribution in [0.15, 0.2) is 79.1 Å². The number of aromatic nitrogens is 4. The second-order valence-electron chi connectivity index (χ2n) is 9.16. The van der Waals surface area contributed by atoms with Crippen molar-refractivity contribution in [3.05, 3.63) is 96.2 Å². The molecule has 2 unspecified atom stereocenters. The first-order valence-corrected chi connectivity index (χ1v) is 12.1. The molecular weight excluding hydrogens is 425 g/mol. The second kappa shape index (κ2) is 10.3. The Morgan fingerprint density at radius 1 is 1.00 bits per heavy atom. The van der Waals surface area contributed by atoms with Crippen LogP contribution in [0.5, 0.6) is 0 Å². The van der Waals surface area contributed by atoms with Gasteiger partial charge in [-0.25, -0.2) is 19.0 Å². The summed E-state index contributed by atoms with van der Waals surface area (Å²) in [5.74, 6) is 1.20. The lowest BCUT2D eigenvalue weighted by Gasteiger charge is -2.33. The van der Waals surface area contributed by atoms with Crippen LogP contribution in [0.3, 0.4) is 0 Å². The molecule has 1 saturated heterocycles. The van der Waals surface area contributed by atoms with Gasteiger partial charge in [-0.05, 0) is 80.2 Å². The first-order valence-electron chi connectivity index (χ1n) is 12.1. The highest BCUT2D eigenvalue weighted by molar-refractivity contribution is 5.60. The monoisotopic (exact) mass is 455 g/mol. The molecule has 2 atom stereocenters. The Hall–Kier alpha value is -3.38. The third kappa shape index (κ3) is 5.07.